The van der Waals surface area contributed by atoms with Gasteiger partial charge in [-0.3, -0.25) is 0 Å². The maximum Gasteiger partial charge on any atom is 0.133 e. The molecule has 0 saturated carbocycles. The van der Waals surface area contributed by atoms with Crippen LogP contribution in [0.3, 0.4) is 0 Å². The summed E-state index contributed by atoms with van der Waals surface area (Å²) in [7, 11) is 3.74. The number of nitrogens with one attached hydrogen (secondary N) is 1. The molecule has 18 heavy (non-hydrogen) atoms. The summed E-state index contributed by atoms with van der Waals surface area (Å²) in [5.41, 5.74) is 1.34. The van der Waals surface area contributed by atoms with Gasteiger partial charge in [-0.15, -0.1) is 0 Å². The van der Waals surface area contributed by atoms with Gasteiger partial charge in [0.2, 0.25) is 0 Å². The Morgan fingerprint density at radius 1 is 1.39 bits per heavy atom. The van der Waals surface area contributed by atoms with Crippen LogP contribution in [0.2, 0.25) is 0 Å². The molecule has 0 aliphatic heterocycles. The van der Waals surface area contributed by atoms with Crippen LogP contribution >= 0.6 is 15.9 Å². The minimum absolute atomic E-state index is 0.542. The van der Waals surface area contributed by atoms with Crippen molar-refractivity contribution in [2.24, 2.45) is 5.92 Å². The van der Waals surface area contributed by atoms with E-state index < -0.39 is 0 Å². The highest BCUT2D eigenvalue weighted by molar-refractivity contribution is 9.10. The van der Waals surface area contributed by atoms with Gasteiger partial charge in [-0.25, -0.2) is 0 Å². The minimum Gasteiger partial charge on any atom is -0.496 e. The molecular weight excluding hydrogens is 290 g/mol. The van der Waals surface area contributed by atoms with Gasteiger partial charge in [0.05, 0.1) is 11.6 Å². The number of hydrogen-bond donors (Lipinski definition) is 1. The lowest BCUT2D eigenvalue weighted by Crippen LogP contribution is -2.29. The van der Waals surface area contributed by atoms with Crippen molar-refractivity contribution in [2.45, 2.75) is 39.2 Å². The number of ether oxygens (including phenoxy) is 1. The first-order valence-corrected chi connectivity index (χ1v) is 7.39. The lowest BCUT2D eigenvalue weighted by molar-refractivity contribution is 0.406. The Morgan fingerprint density at radius 2 is 2.11 bits per heavy atom. The van der Waals surface area contributed by atoms with E-state index in [4.69, 9.17) is 4.74 Å². The SMILES string of the molecule is CCC(C)CC(Cc1ccc(OC)c(Br)c1)NC. The summed E-state index contributed by atoms with van der Waals surface area (Å²) in [4.78, 5) is 0. The molecule has 0 amide bonds. The first-order valence-electron chi connectivity index (χ1n) is 6.60. The quantitative estimate of drug-likeness (QED) is 0.820. The first-order chi connectivity index (χ1) is 8.60. The third-order valence-corrected chi connectivity index (χ3v) is 4.11. The van der Waals surface area contributed by atoms with Crippen LogP contribution in [0.15, 0.2) is 22.7 Å². The van der Waals surface area contributed by atoms with Crippen molar-refractivity contribution in [3.05, 3.63) is 28.2 Å². The van der Waals surface area contributed by atoms with Crippen LogP contribution in [-0.4, -0.2) is 20.2 Å². The molecule has 1 rings (SSSR count). The average molecular weight is 314 g/mol. The Labute approximate surface area is 119 Å². The molecule has 0 aliphatic rings. The Hall–Kier alpha value is -0.540. The summed E-state index contributed by atoms with van der Waals surface area (Å²) in [6.07, 6.45) is 3.52. The second-order valence-electron chi connectivity index (χ2n) is 4.91. The van der Waals surface area contributed by atoms with Crippen molar-refractivity contribution in [2.75, 3.05) is 14.2 Å². The van der Waals surface area contributed by atoms with Gasteiger partial charge in [0, 0.05) is 6.04 Å². The summed E-state index contributed by atoms with van der Waals surface area (Å²) in [6.45, 7) is 4.57. The molecule has 0 radical (unpaired) electrons. The predicted molar refractivity (Wildman–Crippen MR) is 81.3 cm³/mol. The highest BCUT2D eigenvalue weighted by Gasteiger charge is 2.12. The maximum absolute atomic E-state index is 5.25. The zero-order valence-electron chi connectivity index (χ0n) is 11.8. The molecule has 0 bridgehead atoms. The molecule has 3 heteroatoms. The fourth-order valence-corrected chi connectivity index (χ4v) is 2.67. The summed E-state index contributed by atoms with van der Waals surface area (Å²) < 4.78 is 6.28. The van der Waals surface area contributed by atoms with E-state index in [9.17, 15) is 0 Å². The molecule has 2 atom stereocenters. The van der Waals surface area contributed by atoms with E-state index in [-0.39, 0.29) is 0 Å². The fraction of sp³-hybridized carbons (Fsp3) is 0.600. The molecule has 0 heterocycles. The maximum atomic E-state index is 5.25. The molecular formula is C15H24BrNO. The Bertz CT molecular complexity index is 368. The van der Waals surface area contributed by atoms with E-state index in [1.54, 1.807) is 7.11 Å². The minimum atomic E-state index is 0.542. The number of methoxy groups -OCH3 is 1. The van der Waals surface area contributed by atoms with Crippen molar-refractivity contribution in [1.29, 1.82) is 0 Å². The average Bonchev–Trinajstić information content (AvgIpc) is 2.38. The number of benzene rings is 1. The van der Waals surface area contributed by atoms with Gasteiger partial charge in [-0.1, -0.05) is 26.3 Å². The van der Waals surface area contributed by atoms with Crippen molar-refractivity contribution in [3.8, 4) is 5.75 Å². The number of rotatable bonds is 7. The molecule has 1 aromatic rings. The zero-order chi connectivity index (χ0) is 13.5. The predicted octanol–water partition coefficient (Wildman–Crippen LogP) is 4.02. The van der Waals surface area contributed by atoms with Gasteiger partial charge in [0.15, 0.2) is 0 Å². The van der Waals surface area contributed by atoms with Gasteiger partial charge in [0.1, 0.15) is 5.75 Å². The lowest BCUT2D eigenvalue weighted by Gasteiger charge is -2.20. The van der Waals surface area contributed by atoms with Crippen LogP contribution in [0.1, 0.15) is 32.3 Å². The van der Waals surface area contributed by atoms with Crippen LogP contribution in [0.25, 0.3) is 0 Å². The summed E-state index contributed by atoms with van der Waals surface area (Å²) in [5.74, 6) is 1.66. The van der Waals surface area contributed by atoms with Crippen molar-refractivity contribution < 1.29 is 4.74 Å². The third-order valence-electron chi connectivity index (χ3n) is 3.49. The second-order valence-corrected chi connectivity index (χ2v) is 5.76. The Kier molecular flexibility index (Phi) is 6.72. The summed E-state index contributed by atoms with van der Waals surface area (Å²) in [5, 5.41) is 3.42. The van der Waals surface area contributed by atoms with Crippen LogP contribution in [0.4, 0.5) is 0 Å². The second kappa shape index (κ2) is 7.80. The lowest BCUT2D eigenvalue weighted by atomic mass is 9.95. The summed E-state index contributed by atoms with van der Waals surface area (Å²) >= 11 is 3.54. The molecule has 2 nitrogen and oxygen atoms in total. The van der Waals surface area contributed by atoms with Crippen molar-refractivity contribution in [1.82, 2.24) is 5.32 Å². The van der Waals surface area contributed by atoms with Crippen LogP contribution in [0, 0.1) is 5.92 Å². The van der Waals surface area contributed by atoms with E-state index >= 15 is 0 Å². The van der Waals surface area contributed by atoms with Gasteiger partial charge >= 0.3 is 0 Å². The van der Waals surface area contributed by atoms with Crippen LogP contribution < -0.4 is 10.1 Å². The van der Waals surface area contributed by atoms with E-state index in [1.807, 2.05) is 13.1 Å². The van der Waals surface area contributed by atoms with Crippen LogP contribution in [-0.2, 0) is 6.42 Å². The third kappa shape index (κ3) is 4.62. The molecule has 0 aliphatic carbocycles. The number of likely N-dealkylation sites (N-methyl/N-ethyl adjacent to an activating group) is 1. The van der Waals surface area contributed by atoms with E-state index in [1.165, 1.54) is 18.4 Å². The molecule has 2 unspecified atom stereocenters. The number of halogens is 1. The first kappa shape index (κ1) is 15.5. The normalized spacial score (nSPS) is 14.3. The molecule has 1 aromatic carbocycles. The number of hydrogen-bond acceptors (Lipinski definition) is 2. The van der Waals surface area contributed by atoms with Crippen LogP contribution in [0.5, 0.6) is 5.75 Å². The van der Waals surface area contributed by atoms with E-state index in [0.29, 0.717) is 6.04 Å². The zero-order valence-corrected chi connectivity index (χ0v) is 13.4. The monoisotopic (exact) mass is 313 g/mol. The fourth-order valence-electron chi connectivity index (χ4n) is 2.08. The standard InChI is InChI=1S/C15H24BrNO/c1-5-11(2)8-13(17-3)9-12-6-7-15(18-4)14(16)10-12/h6-7,10-11,13,17H,5,8-9H2,1-4H3. The molecule has 102 valence electrons. The van der Waals surface area contributed by atoms with Gasteiger partial charge in [-0.05, 0) is 59.4 Å². The smallest absolute Gasteiger partial charge is 0.133 e. The van der Waals surface area contributed by atoms with Crippen molar-refractivity contribution >= 4 is 15.9 Å². The largest absolute Gasteiger partial charge is 0.496 e. The van der Waals surface area contributed by atoms with Gasteiger partial charge in [-0.2, -0.15) is 0 Å². The summed E-state index contributed by atoms with van der Waals surface area (Å²) in [6, 6.07) is 6.86. The van der Waals surface area contributed by atoms with Gasteiger partial charge < -0.3 is 10.1 Å². The molecule has 1 N–H and O–H groups in total. The topological polar surface area (TPSA) is 21.3 Å². The molecule has 0 aromatic heterocycles. The Morgan fingerprint density at radius 3 is 2.61 bits per heavy atom. The highest BCUT2D eigenvalue weighted by atomic mass is 79.9. The van der Waals surface area contributed by atoms with Gasteiger partial charge in [0.25, 0.3) is 0 Å². The molecule has 0 saturated heterocycles. The molecule has 0 fully saturated rings. The van der Waals surface area contributed by atoms with Crippen molar-refractivity contribution in [3.63, 3.8) is 0 Å². The van der Waals surface area contributed by atoms with E-state index in [2.05, 4.69) is 47.2 Å². The Balaban J connectivity index is 2.67. The van der Waals surface area contributed by atoms with E-state index in [0.717, 1.165) is 22.6 Å². The highest BCUT2D eigenvalue weighted by Crippen LogP contribution is 2.26. The molecule has 0 spiro atoms.